The molecular formula is C23H23ClFN5O3. The van der Waals surface area contributed by atoms with Crippen molar-refractivity contribution < 1.29 is 18.7 Å². The molecule has 10 heteroatoms. The highest BCUT2D eigenvalue weighted by Crippen LogP contribution is 2.28. The van der Waals surface area contributed by atoms with E-state index < -0.39 is 11.9 Å². The number of halogens is 2. The third kappa shape index (κ3) is 4.38. The van der Waals surface area contributed by atoms with Gasteiger partial charge in [-0.1, -0.05) is 11.6 Å². The van der Waals surface area contributed by atoms with Gasteiger partial charge in [-0.15, -0.1) is 0 Å². The van der Waals surface area contributed by atoms with E-state index in [1.54, 1.807) is 13.3 Å². The summed E-state index contributed by atoms with van der Waals surface area (Å²) in [6, 6.07) is 9.94. The predicted molar refractivity (Wildman–Crippen MR) is 124 cm³/mol. The highest BCUT2D eigenvalue weighted by molar-refractivity contribution is 6.31. The first-order chi connectivity index (χ1) is 16.0. The maximum atomic E-state index is 13.5. The van der Waals surface area contributed by atoms with Crippen LogP contribution in [0.1, 0.15) is 0 Å². The molecule has 2 aromatic heterocycles. The van der Waals surface area contributed by atoms with Crippen molar-refractivity contribution in [1.29, 1.82) is 0 Å². The second-order valence-corrected chi connectivity index (χ2v) is 8.46. The molecule has 1 atom stereocenters. The van der Waals surface area contributed by atoms with E-state index in [4.69, 9.17) is 21.1 Å². The molecule has 1 amide bonds. The minimum atomic E-state index is -0.516. The van der Waals surface area contributed by atoms with Gasteiger partial charge in [-0.2, -0.15) is 0 Å². The molecular weight excluding hydrogens is 449 g/mol. The molecule has 1 aromatic carbocycles. The number of hydrogen-bond donors (Lipinski definition) is 0. The van der Waals surface area contributed by atoms with Gasteiger partial charge in [-0.25, -0.2) is 14.2 Å². The SMILES string of the molecule is COc1ccc2nccc(N3CCN(CC4CN(c5ccc(F)c(Cl)c5)C(=O)O4)CC3)c2n1. The van der Waals surface area contributed by atoms with Crippen LogP contribution in [0.3, 0.4) is 0 Å². The van der Waals surface area contributed by atoms with Crippen LogP contribution < -0.4 is 14.5 Å². The summed E-state index contributed by atoms with van der Waals surface area (Å²) in [6.07, 6.45) is 1.09. The van der Waals surface area contributed by atoms with Crippen molar-refractivity contribution in [3.8, 4) is 5.88 Å². The van der Waals surface area contributed by atoms with E-state index in [-0.39, 0.29) is 11.1 Å². The minimum absolute atomic E-state index is 0.0179. The summed E-state index contributed by atoms with van der Waals surface area (Å²) < 4.78 is 24.3. The van der Waals surface area contributed by atoms with E-state index >= 15 is 0 Å². The molecule has 1 unspecified atom stereocenters. The molecule has 0 saturated carbocycles. The number of carbonyl (C=O) groups excluding carboxylic acids is 1. The molecule has 3 aromatic rings. The number of fused-ring (bicyclic) bond motifs is 1. The van der Waals surface area contributed by atoms with Gasteiger partial charge in [0.15, 0.2) is 0 Å². The van der Waals surface area contributed by atoms with Gasteiger partial charge >= 0.3 is 6.09 Å². The van der Waals surface area contributed by atoms with E-state index in [1.807, 2.05) is 18.2 Å². The zero-order chi connectivity index (χ0) is 22.9. The van der Waals surface area contributed by atoms with Gasteiger partial charge in [0.05, 0.1) is 29.9 Å². The molecule has 5 rings (SSSR count). The standard InChI is InChI=1S/C23H23ClFN5O3/c1-32-21-5-4-19-22(27-21)20(6-7-26-19)29-10-8-28(9-11-29)13-16-14-30(23(31)33-16)15-2-3-18(25)17(24)12-15/h2-7,12,16H,8-11,13-14H2,1H3. The number of benzene rings is 1. The molecule has 0 aliphatic carbocycles. The van der Waals surface area contributed by atoms with Gasteiger partial charge < -0.3 is 14.4 Å². The fourth-order valence-electron chi connectivity index (χ4n) is 4.30. The van der Waals surface area contributed by atoms with E-state index in [0.717, 1.165) is 42.9 Å². The van der Waals surface area contributed by atoms with Crippen LogP contribution >= 0.6 is 11.6 Å². The minimum Gasteiger partial charge on any atom is -0.481 e. The van der Waals surface area contributed by atoms with Gasteiger partial charge in [-0.05, 0) is 30.3 Å². The Morgan fingerprint density at radius 2 is 2.00 bits per heavy atom. The van der Waals surface area contributed by atoms with Gasteiger partial charge in [-0.3, -0.25) is 14.8 Å². The zero-order valence-corrected chi connectivity index (χ0v) is 18.8. The Morgan fingerprint density at radius 1 is 1.18 bits per heavy atom. The lowest BCUT2D eigenvalue weighted by Crippen LogP contribution is -2.49. The molecule has 2 aliphatic heterocycles. The summed E-state index contributed by atoms with van der Waals surface area (Å²) in [4.78, 5) is 27.4. The molecule has 2 fully saturated rings. The third-order valence-electron chi connectivity index (χ3n) is 6.01. The number of rotatable bonds is 5. The second-order valence-electron chi connectivity index (χ2n) is 8.05. The average molecular weight is 472 g/mol. The molecule has 33 heavy (non-hydrogen) atoms. The van der Waals surface area contributed by atoms with Crippen LogP contribution in [0.2, 0.25) is 5.02 Å². The van der Waals surface area contributed by atoms with Crippen molar-refractivity contribution in [3.63, 3.8) is 0 Å². The molecule has 4 heterocycles. The largest absolute Gasteiger partial charge is 0.481 e. The molecule has 172 valence electrons. The number of nitrogens with zero attached hydrogens (tertiary/aromatic N) is 5. The van der Waals surface area contributed by atoms with Crippen molar-refractivity contribution in [3.05, 3.63) is 53.4 Å². The molecule has 2 saturated heterocycles. The van der Waals surface area contributed by atoms with Crippen molar-refractivity contribution >= 4 is 40.1 Å². The maximum absolute atomic E-state index is 13.5. The molecule has 0 bridgehead atoms. The molecule has 0 spiro atoms. The van der Waals surface area contributed by atoms with Gasteiger partial charge in [0.1, 0.15) is 17.4 Å². The van der Waals surface area contributed by atoms with Crippen LogP contribution in [0.15, 0.2) is 42.6 Å². The van der Waals surface area contributed by atoms with Crippen LogP contribution in [0.25, 0.3) is 11.0 Å². The number of piperazine rings is 1. The number of ether oxygens (including phenoxy) is 2. The van der Waals surface area contributed by atoms with Crippen LogP contribution in [0.4, 0.5) is 20.6 Å². The zero-order valence-electron chi connectivity index (χ0n) is 18.1. The summed E-state index contributed by atoms with van der Waals surface area (Å²) in [5.74, 6) is 0.0449. The van der Waals surface area contributed by atoms with E-state index in [0.29, 0.717) is 24.7 Å². The first-order valence-electron chi connectivity index (χ1n) is 10.7. The monoisotopic (exact) mass is 471 g/mol. The number of hydrogen-bond acceptors (Lipinski definition) is 7. The Morgan fingerprint density at radius 3 is 2.76 bits per heavy atom. The summed E-state index contributed by atoms with van der Waals surface area (Å²) in [7, 11) is 1.60. The third-order valence-corrected chi connectivity index (χ3v) is 6.30. The quantitative estimate of drug-likeness (QED) is 0.563. The van der Waals surface area contributed by atoms with Crippen molar-refractivity contribution in [2.45, 2.75) is 6.10 Å². The van der Waals surface area contributed by atoms with E-state index in [1.165, 1.54) is 23.1 Å². The van der Waals surface area contributed by atoms with Gasteiger partial charge in [0.25, 0.3) is 0 Å². The first kappa shape index (κ1) is 21.7. The van der Waals surface area contributed by atoms with Crippen molar-refractivity contribution in [1.82, 2.24) is 14.9 Å². The number of methoxy groups -OCH3 is 1. The van der Waals surface area contributed by atoms with Crippen molar-refractivity contribution in [2.75, 3.05) is 56.2 Å². The Bertz CT molecular complexity index is 1190. The van der Waals surface area contributed by atoms with Gasteiger partial charge in [0.2, 0.25) is 5.88 Å². The highest BCUT2D eigenvalue weighted by Gasteiger charge is 2.34. The number of pyridine rings is 2. The summed E-state index contributed by atoms with van der Waals surface area (Å²) in [5, 5.41) is -0.0179. The molecule has 2 aliphatic rings. The number of amides is 1. The van der Waals surface area contributed by atoms with E-state index in [9.17, 15) is 9.18 Å². The maximum Gasteiger partial charge on any atom is 0.414 e. The van der Waals surface area contributed by atoms with E-state index in [2.05, 4.69) is 19.8 Å². The Labute approximate surface area is 195 Å². The van der Waals surface area contributed by atoms with Gasteiger partial charge in [0, 0.05) is 50.7 Å². The number of cyclic esters (lactones) is 1. The highest BCUT2D eigenvalue weighted by atomic mass is 35.5. The topological polar surface area (TPSA) is 71.0 Å². The van der Waals surface area contributed by atoms with Crippen LogP contribution in [0.5, 0.6) is 5.88 Å². The smallest absolute Gasteiger partial charge is 0.414 e. The van der Waals surface area contributed by atoms with Crippen molar-refractivity contribution in [2.24, 2.45) is 0 Å². The fourth-order valence-corrected chi connectivity index (χ4v) is 4.48. The molecule has 0 N–H and O–H groups in total. The lowest BCUT2D eigenvalue weighted by atomic mass is 10.2. The summed E-state index contributed by atoms with van der Waals surface area (Å²) >= 11 is 5.87. The number of aromatic nitrogens is 2. The number of carbonyl (C=O) groups is 1. The molecule has 0 radical (unpaired) electrons. The summed E-state index contributed by atoms with van der Waals surface area (Å²) in [5.41, 5.74) is 3.22. The Kier molecular flexibility index (Phi) is 5.90. The normalized spacial score (nSPS) is 19.2. The predicted octanol–water partition coefficient (Wildman–Crippen LogP) is 3.58. The van der Waals surface area contributed by atoms with Crippen LogP contribution in [0, 0.1) is 5.82 Å². The lowest BCUT2D eigenvalue weighted by molar-refractivity contribution is 0.106. The first-order valence-corrected chi connectivity index (χ1v) is 11.1. The number of anilines is 2. The second kappa shape index (κ2) is 8.99. The van der Waals surface area contributed by atoms with Crippen LogP contribution in [-0.4, -0.2) is 73.4 Å². The lowest BCUT2D eigenvalue weighted by Gasteiger charge is -2.36. The average Bonchev–Trinajstić information content (AvgIpc) is 3.20. The molecule has 8 nitrogen and oxygen atoms in total. The fraction of sp³-hybridized carbons (Fsp3) is 0.348. The van der Waals surface area contributed by atoms with Crippen LogP contribution in [-0.2, 0) is 4.74 Å². The Hall–Kier alpha value is -3.17. The summed E-state index contributed by atoms with van der Waals surface area (Å²) in [6.45, 7) is 4.31. The Balaban J connectivity index is 1.21.